The van der Waals surface area contributed by atoms with Gasteiger partial charge in [-0.15, -0.1) is 0 Å². The maximum Gasteiger partial charge on any atom is 0.161 e. The van der Waals surface area contributed by atoms with Gasteiger partial charge in [-0.05, 0) is 12.5 Å². The second-order valence-electron chi connectivity index (χ2n) is 2.76. The van der Waals surface area contributed by atoms with Crippen LogP contribution in [0, 0.1) is 0 Å². The molecule has 0 spiro atoms. The molecule has 0 unspecified atom stereocenters. The fourth-order valence-electron chi connectivity index (χ4n) is 1.12. The molecule has 0 aliphatic heterocycles. The lowest BCUT2D eigenvalue weighted by Gasteiger charge is -2.02. The van der Waals surface area contributed by atoms with Gasteiger partial charge in [0.25, 0.3) is 0 Å². The number of hydrogen-bond acceptors (Lipinski definition) is 2. The molecule has 0 fully saturated rings. The van der Waals surface area contributed by atoms with E-state index < -0.39 is 0 Å². The minimum Gasteiger partial charge on any atom is -0.358 e. The van der Waals surface area contributed by atoms with Crippen LogP contribution >= 0.6 is 12.2 Å². The molecule has 0 aliphatic carbocycles. The molecule has 3 heteroatoms. The highest BCUT2D eigenvalue weighted by molar-refractivity contribution is 7.78. The molecule has 2 nitrogen and oxygen atoms in total. The van der Waals surface area contributed by atoms with Crippen molar-refractivity contribution < 1.29 is 4.79 Å². The second kappa shape index (κ2) is 5.29. The van der Waals surface area contributed by atoms with Crippen molar-refractivity contribution in [2.75, 3.05) is 0 Å². The van der Waals surface area contributed by atoms with Crippen molar-refractivity contribution in [3.05, 3.63) is 42.1 Å². The van der Waals surface area contributed by atoms with Crippen molar-refractivity contribution in [2.24, 2.45) is 0 Å². The molecule has 0 bridgehead atoms. The fraction of sp³-hybridized carbons (Fsp3) is 0.0909. The zero-order valence-electron chi connectivity index (χ0n) is 7.86. The largest absolute Gasteiger partial charge is 0.358 e. The number of benzene rings is 1. The minimum atomic E-state index is 0.0144. The Labute approximate surface area is 88.6 Å². The van der Waals surface area contributed by atoms with E-state index >= 15 is 0 Å². The van der Waals surface area contributed by atoms with Crippen LogP contribution in [-0.2, 0) is 4.79 Å². The van der Waals surface area contributed by atoms with Gasteiger partial charge < -0.3 is 5.32 Å². The van der Waals surface area contributed by atoms with Crippen LogP contribution in [0.15, 0.2) is 36.5 Å². The topological polar surface area (TPSA) is 29.1 Å². The Hall–Kier alpha value is -1.48. The standard InChI is InChI=1S/C11H11NOS/c1-9(13)11(7-12-8-14)10-5-3-2-4-6-10/h2-8H,1H3,(H,12,14)/b11-7+. The quantitative estimate of drug-likeness (QED) is 0.603. The highest BCUT2D eigenvalue weighted by atomic mass is 32.1. The molecule has 0 saturated heterocycles. The summed E-state index contributed by atoms with van der Waals surface area (Å²) in [6.07, 6.45) is 1.62. The Morgan fingerprint density at radius 3 is 2.50 bits per heavy atom. The highest BCUT2D eigenvalue weighted by Crippen LogP contribution is 2.13. The Balaban J connectivity index is 3.01. The third kappa shape index (κ3) is 2.78. The molecule has 72 valence electrons. The average Bonchev–Trinajstić information content (AvgIpc) is 2.19. The maximum atomic E-state index is 11.3. The predicted molar refractivity (Wildman–Crippen MR) is 61.9 cm³/mol. The van der Waals surface area contributed by atoms with Gasteiger partial charge >= 0.3 is 0 Å². The lowest BCUT2D eigenvalue weighted by Crippen LogP contribution is -2.04. The van der Waals surface area contributed by atoms with Crippen molar-refractivity contribution in [2.45, 2.75) is 6.92 Å². The zero-order chi connectivity index (χ0) is 10.4. The first-order valence-electron chi connectivity index (χ1n) is 4.22. The van der Waals surface area contributed by atoms with Crippen LogP contribution in [-0.4, -0.2) is 11.3 Å². The Bertz CT molecular complexity index is 357. The predicted octanol–water partition coefficient (Wildman–Crippen LogP) is 2.16. The first kappa shape index (κ1) is 10.6. The third-order valence-electron chi connectivity index (χ3n) is 1.76. The van der Waals surface area contributed by atoms with Gasteiger partial charge in [0, 0.05) is 11.8 Å². The average molecular weight is 205 g/mol. The summed E-state index contributed by atoms with van der Waals surface area (Å²) in [6.45, 7) is 1.53. The Morgan fingerprint density at radius 2 is 2.00 bits per heavy atom. The van der Waals surface area contributed by atoms with E-state index in [-0.39, 0.29) is 5.78 Å². The number of thiocarbonyl (C=S) groups is 1. The van der Waals surface area contributed by atoms with Crippen LogP contribution in [0.1, 0.15) is 12.5 Å². The van der Waals surface area contributed by atoms with E-state index in [1.807, 2.05) is 30.3 Å². The lowest BCUT2D eigenvalue weighted by atomic mass is 10.0. The molecule has 0 atom stereocenters. The van der Waals surface area contributed by atoms with E-state index in [1.165, 1.54) is 12.4 Å². The van der Waals surface area contributed by atoms with Crippen LogP contribution in [0.4, 0.5) is 0 Å². The highest BCUT2D eigenvalue weighted by Gasteiger charge is 2.05. The monoisotopic (exact) mass is 205 g/mol. The number of carbonyl (C=O) groups excluding carboxylic acids is 1. The molecule has 0 radical (unpaired) electrons. The van der Waals surface area contributed by atoms with E-state index in [0.29, 0.717) is 5.57 Å². The van der Waals surface area contributed by atoms with Crippen molar-refractivity contribution >= 4 is 29.1 Å². The summed E-state index contributed by atoms with van der Waals surface area (Å²) in [5.74, 6) is 0.0144. The number of carbonyl (C=O) groups is 1. The second-order valence-corrected chi connectivity index (χ2v) is 3.00. The number of allylic oxidation sites excluding steroid dienone is 1. The number of rotatable bonds is 4. The van der Waals surface area contributed by atoms with Gasteiger partial charge in [-0.2, -0.15) is 0 Å². The van der Waals surface area contributed by atoms with Crippen molar-refractivity contribution in [1.82, 2.24) is 5.32 Å². The van der Waals surface area contributed by atoms with Gasteiger partial charge in [-0.3, -0.25) is 4.79 Å². The molecule has 0 amide bonds. The minimum absolute atomic E-state index is 0.0144. The SMILES string of the molecule is CC(=O)/C(=C\NC=S)c1ccccc1. The van der Waals surface area contributed by atoms with Crippen LogP contribution < -0.4 is 5.32 Å². The van der Waals surface area contributed by atoms with Gasteiger partial charge in [-0.25, -0.2) is 0 Å². The van der Waals surface area contributed by atoms with Crippen molar-refractivity contribution in [1.29, 1.82) is 0 Å². The van der Waals surface area contributed by atoms with E-state index in [9.17, 15) is 4.79 Å². The summed E-state index contributed by atoms with van der Waals surface area (Å²) in [5, 5.41) is 2.74. The summed E-state index contributed by atoms with van der Waals surface area (Å²) < 4.78 is 0. The first-order valence-corrected chi connectivity index (χ1v) is 4.69. The van der Waals surface area contributed by atoms with E-state index in [2.05, 4.69) is 17.5 Å². The Morgan fingerprint density at radius 1 is 1.36 bits per heavy atom. The molecule has 0 saturated carbocycles. The summed E-state index contributed by atoms with van der Waals surface area (Å²) in [4.78, 5) is 11.3. The number of ketones is 1. The molecule has 1 N–H and O–H groups in total. The van der Waals surface area contributed by atoms with Crippen LogP contribution in [0.5, 0.6) is 0 Å². The van der Waals surface area contributed by atoms with Gasteiger partial charge in [-0.1, -0.05) is 42.5 Å². The molecule has 1 aromatic carbocycles. The molecule has 0 heterocycles. The van der Waals surface area contributed by atoms with Crippen LogP contribution in [0.25, 0.3) is 5.57 Å². The summed E-state index contributed by atoms with van der Waals surface area (Å²) in [6, 6.07) is 9.47. The molecule has 1 aromatic rings. The van der Waals surface area contributed by atoms with E-state index in [4.69, 9.17) is 0 Å². The normalized spacial score (nSPS) is 10.8. The first-order chi connectivity index (χ1) is 6.75. The molecule has 14 heavy (non-hydrogen) atoms. The number of Topliss-reactive ketones (excluding diaryl/α,β-unsaturated/α-hetero) is 1. The summed E-state index contributed by atoms with van der Waals surface area (Å²) in [7, 11) is 0. The van der Waals surface area contributed by atoms with Crippen LogP contribution in [0.2, 0.25) is 0 Å². The van der Waals surface area contributed by atoms with Crippen molar-refractivity contribution in [3.63, 3.8) is 0 Å². The van der Waals surface area contributed by atoms with Gasteiger partial charge in [0.15, 0.2) is 5.78 Å². The number of hydrogen-bond donors (Lipinski definition) is 1. The fourth-order valence-corrected chi connectivity index (χ4v) is 1.19. The van der Waals surface area contributed by atoms with E-state index in [1.54, 1.807) is 6.20 Å². The molecular formula is C11H11NOS. The third-order valence-corrected chi connectivity index (χ3v) is 1.90. The number of nitrogens with one attached hydrogen (secondary N) is 1. The summed E-state index contributed by atoms with van der Waals surface area (Å²) in [5.41, 5.74) is 2.89. The van der Waals surface area contributed by atoms with Gasteiger partial charge in [0.2, 0.25) is 0 Å². The molecular weight excluding hydrogens is 194 g/mol. The maximum absolute atomic E-state index is 11.3. The molecule has 0 aliphatic rings. The molecule has 1 rings (SSSR count). The van der Waals surface area contributed by atoms with Gasteiger partial charge in [0.05, 0.1) is 5.49 Å². The van der Waals surface area contributed by atoms with Crippen molar-refractivity contribution in [3.8, 4) is 0 Å². The van der Waals surface area contributed by atoms with Crippen LogP contribution in [0.3, 0.4) is 0 Å². The smallest absolute Gasteiger partial charge is 0.161 e. The zero-order valence-corrected chi connectivity index (χ0v) is 8.67. The summed E-state index contributed by atoms with van der Waals surface area (Å²) >= 11 is 4.61. The van der Waals surface area contributed by atoms with E-state index in [0.717, 1.165) is 5.56 Å². The molecule has 0 aromatic heterocycles. The Kier molecular flexibility index (Phi) is 4.01. The lowest BCUT2D eigenvalue weighted by molar-refractivity contribution is -0.111. The van der Waals surface area contributed by atoms with Gasteiger partial charge in [0.1, 0.15) is 0 Å².